The minimum absolute atomic E-state index is 0.865. The summed E-state index contributed by atoms with van der Waals surface area (Å²) in [6, 6.07) is 9.46. The Bertz CT molecular complexity index is 580. The van der Waals surface area contributed by atoms with Gasteiger partial charge in [-0.2, -0.15) is 4.37 Å². The number of nitrogens with zero attached hydrogens (tertiary/aromatic N) is 3. The van der Waals surface area contributed by atoms with Gasteiger partial charge in [0.2, 0.25) is 0 Å². The van der Waals surface area contributed by atoms with Crippen molar-refractivity contribution in [2.45, 2.75) is 31.7 Å². The van der Waals surface area contributed by atoms with Crippen LogP contribution in [-0.2, 0) is 0 Å². The molecule has 0 amide bonds. The molecule has 3 nitrogen and oxygen atoms in total. The molecule has 1 aromatic heterocycles. The third-order valence-corrected chi connectivity index (χ3v) is 5.63. The van der Waals surface area contributed by atoms with E-state index in [-0.39, 0.29) is 0 Å². The van der Waals surface area contributed by atoms with Gasteiger partial charge in [-0.15, -0.1) is 0 Å². The van der Waals surface area contributed by atoms with E-state index in [1.165, 1.54) is 54.7 Å². The largest absolute Gasteiger partial charge is 0.353 e. The highest BCUT2D eigenvalue weighted by Gasteiger charge is 2.27. The predicted molar refractivity (Wildman–Crippen MR) is 85.7 cm³/mol. The highest BCUT2D eigenvalue weighted by atomic mass is 32.1. The topological polar surface area (TPSA) is 19.4 Å². The van der Waals surface area contributed by atoms with Gasteiger partial charge in [0.15, 0.2) is 0 Å². The first kappa shape index (κ1) is 12.6. The molecule has 4 rings (SSSR count). The molecule has 1 aliphatic heterocycles. The lowest BCUT2D eigenvalue weighted by atomic mass is 10.1. The number of benzene rings is 1. The molecule has 1 saturated carbocycles. The molecule has 0 spiro atoms. The quantitative estimate of drug-likeness (QED) is 0.844. The minimum atomic E-state index is 0.865. The van der Waals surface area contributed by atoms with Gasteiger partial charge in [0.25, 0.3) is 0 Å². The van der Waals surface area contributed by atoms with Crippen molar-refractivity contribution in [1.82, 2.24) is 9.27 Å². The SMILES string of the molecule is c1ccc2c(N3CCN(C4CCCC4)CC3)nsc2c1. The third kappa shape index (κ3) is 2.21. The monoisotopic (exact) mass is 287 g/mol. The Hall–Kier alpha value is -1.13. The standard InChI is InChI=1S/C16H21N3S/c1-2-6-13(5-1)18-9-11-19(12-10-18)16-14-7-3-4-8-15(14)20-17-16/h3-4,7-8,13H,1-2,5-6,9-12H2. The van der Waals surface area contributed by atoms with Crippen LogP contribution in [0.25, 0.3) is 10.1 Å². The van der Waals surface area contributed by atoms with Gasteiger partial charge < -0.3 is 4.90 Å². The second kappa shape index (κ2) is 5.34. The molecule has 2 heterocycles. The molecule has 0 N–H and O–H groups in total. The van der Waals surface area contributed by atoms with E-state index in [2.05, 4.69) is 34.1 Å². The third-order valence-electron chi connectivity index (χ3n) is 4.81. The molecule has 0 radical (unpaired) electrons. The highest BCUT2D eigenvalue weighted by Crippen LogP contribution is 2.31. The van der Waals surface area contributed by atoms with Crippen LogP contribution in [0.5, 0.6) is 0 Å². The fraction of sp³-hybridized carbons (Fsp3) is 0.562. The number of aromatic nitrogens is 1. The zero-order chi connectivity index (χ0) is 13.4. The van der Waals surface area contributed by atoms with E-state index >= 15 is 0 Å². The van der Waals surface area contributed by atoms with E-state index in [4.69, 9.17) is 4.37 Å². The fourth-order valence-electron chi connectivity index (χ4n) is 3.67. The zero-order valence-electron chi connectivity index (χ0n) is 11.8. The Morgan fingerprint density at radius 2 is 1.75 bits per heavy atom. The number of fused-ring (bicyclic) bond motifs is 1. The van der Waals surface area contributed by atoms with Crippen molar-refractivity contribution in [2.75, 3.05) is 31.1 Å². The van der Waals surface area contributed by atoms with Crippen LogP contribution >= 0.6 is 11.5 Å². The van der Waals surface area contributed by atoms with Crippen molar-refractivity contribution < 1.29 is 0 Å². The number of hydrogen-bond acceptors (Lipinski definition) is 4. The predicted octanol–water partition coefficient (Wildman–Crippen LogP) is 3.36. The summed E-state index contributed by atoms with van der Waals surface area (Å²) in [6.45, 7) is 4.67. The maximum atomic E-state index is 4.69. The molecule has 2 fully saturated rings. The van der Waals surface area contributed by atoms with Gasteiger partial charge in [-0.05, 0) is 36.5 Å². The van der Waals surface area contributed by atoms with Gasteiger partial charge in [-0.1, -0.05) is 25.0 Å². The first-order valence-electron chi connectivity index (χ1n) is 7.75. The molecule has 4 heteroatoms. The second-order valence-electron chi connectivity index (χ2n) is 5.96. The van der Waals surface area contributed by atoms with E-state index in [1.807, 2.05) is 0 Å². The Morgan fingerprint density at radius 1 is 1.00 bits per heavy atom. The van der Waals surface area contributed by atoms with Gasteiger partial charge in [0, 0.05) is 37.6 Å². The van der Waals surface area contributed by atoms with E-state index < -0.39 is 0 Å². The summed E-state index contributed by atoms with van der Waals surface area (Å²) in [7, 11) is 0. The molecule has 2 aliphatic rings. The van der Waals surface area contributed by atoms with Crippen molar-refractivity contribution >= 4 is 27.4 Å². The summed E-state index contributed by atoms with van der Waals surface area (Å²) >= 11 is 1.63. The van der Waals surface area contributed by atoms with Gasteiger partial charge in [-0.3, -0.25) is 4.90 Å². The number of hydrogen-bond donors (Lipinski definition) is 0. The van der Waals surface area contributed by atoms with Crippen molar-refractivity contribution in [2.24, 2.45) is 0 Å². The summed E-state index contributed by atoms with van der Waals surface area (Å²) in [5.41, 5.74) is 0. The van der Waals surface area contributed by atoms with E-state index in [0.717, 1.165) is 19.1 Å². The van der Waals surface area contributed by atoms with Crippen LogP contribution in [0.15, 0.2) is 24.3 Å². The van der Waals surface area contributed by atoms with Crippen LogP contribution in [-0.4, -0.2) is 41.5 Å². The molecule has 0 atom stereocenters. The van der Waals surface area contributed by atoms with Crippen molar-refractivity contribution in [1.29, 1.82) is 0 Å². The summed E-state index contributed by atoms with van der Waals surface area (Å²) in [5, 5.41) is 1.33. The smallest absolute Gasteiger partial charge is 0.150 e. The highest BCUT2D eigenvalue weighted by molar-refractivity contribution is 7.13. The summed E-state index contributed by atoms with van der Waals surface area (Å²) < 4.78 is 6.00. The van der Waals surface area contributed by atoms with Crippen LogP contribution in [0.3, 0.4) is 0 Å². The molecule has 0 unspecified atom stereocenters. The lowest BCUT2D eigenvalue weighted by Crippen LogP contribution is -2.49. The molecule has 106 valence electrons. The maximum absolute atomic E-state index is 4.69. The average molecular weight is 287 g/mol. The van der Waals surface area contributed by atoms with E-state index in [9.17, 15) is 0 Å². The fourth-order valence-corrected chi connectivity index (χ4v) is 4.46. The molecule has 1 saturated heterocycles. The van der Waals surface area contributed by atoms with Crippen LogP contribution in [0.4, 0.5) is 5.82 Å². The minimum Gasteiger partial charge on any atom is -0.353 e. The molecule has 20 heavy (non-hydrogen) atoms. The normalized spacial score (nSPS) is 21.9. The first-order valence-corrected chi connectivity index (χ1v) is 8.52. The molecule has 1 aromatic carbocycles. The lowest BCUT2D eigenvalue weighted by molar-refractivity contribution is 0.187. The molecular formula is C16H21N3S. The van der Waals surface area contributed by atoms with Crippen molar-refractivity contribution in [3.05, 3.63) is 24.3 Å². The van der Waals surface area contributed by atoms with E-state index in [1.54, 1.807) is 11.5 Å². The van der Waals surface area contributed by atoms with Crippen LogP contribution in [0, 0.1) is 0 Å². The van der Waals surface area contributed by atoms with Crippen LogP contribution in [0.1, 0.15) is 25.7 Å². The molecular weight excluding hydrogens is 266 g/mol. The van der Waals surface area contributed by atoms with E-state index in [0.29, 0.717) is 0 Å². The summed E-state index contributed by atoms with van der Waals surface area (Å²) in [5.74, 6) is 1.21. The average Bonchev–Trinajstić information content (AvgIpc) is 3.17. The Balaban J connectivity index is 1.48. The second-order valence-corrected chi connectivity index (χ2v) is 6.77. The maximum Gasteiger partial charge on any atom is 0.150 e. The number of piperazine rings is 1. The van der Waals surface area contributed by atoms with Gasteiger partial charge >= 0.3 is 0 Å². The number of anilines is 1. The lowest BCUT2D eigenvalue weighted by Gasteiger charge is -2.38. The summed E-state index contributed by atoms with van der Waals surface area (Å²) in [4.78, 5) is 5.18. The van der Waals surface area contributed by atoms with Crippen LogP contribution < -0.4 is 4.90 Å². The molecule has 0 bridgehead atoms. The first-order chi connectivity index (χ1) is 9.92. The van der Waals surface area contributed by atoms with Crippen molar-refractivity contribution in [3.63, 3.8) is 0 Å². The Morgan fingerprint density at radius 3 is 2.55 bits per heavy atom. The number of rotatable bonds is 2. The van der Waals surface area contributed by atoms with Gasteiger partial charge in [0.1, 0.15) is 5.82 Å². The van der Waals surface area contributed by atoms with Crippen LogP contribution in [0.2, 0.25) is 0 Å². The molecule has 1 aliphatic carbocycles. The zero-order valence-corrected chi connectivity index (χ0v) is 12.6. The summed E-state index contributed by atoms with van der Waals surface area (Å²) in [6.07, 6.45) is 5.70. The Labute approximate surface area is 124 Å². The Kier molecular flexibility index (Phi) is 3.36. The van der Waals surface area contributed by atoms with Gasteiger partial charge in [-0.25, -0.2) is 0 Å². The molecule has 2 aromatic rings. The van der Waals surface area contributed by atoms with Gasteiger partial charge in [0.05, 0.1) is 4.70 Å². The van der Waals surface area contributed by atoms with Crippen molar-refractivity contribution in [3.8, 4) is 0 Å².